The van der Waals surface area contributed by atoms with Crippen LogP contribution in [0.3, 0.4) is 0 Å². The molecule has 0 saturated heterocycles. The van der Waals surface area contributed by atoms with Gasteiger partial charge in [0.15, 0.2) is 5.16 Å². The SMILES string of the molecule is CSc1nc(NN)cc(N(C)Cc2cccc(F)c2)n1. The van der Waals surface area contributed by atoms with Gasteiger partial charge in [0.25, 0.3) is 0 Å². The lowest BCUT2D eigenvalue weighted by atomic mass is 10.2. The highest BCUT2D eigenvalue weighted by molar-refractivity contribution is 7.98. The van der Waals surface area contributed by atoms with Crippen molar-refractivity contribution >= 4 is 23.4 Å². The van der Waals surface area contributed by atoms with E-state index in [-0.39, 0.29) is 5.82 Å². The van der Waals surface area contributed by atoms with Crippen LogP contribution in [0.5, 0.6) is 0 Å². The molecular weight excluding hydrogens is 277 g/mol. The van der Waals surface area contributed by atoms with Crippen LogP contribution < -0.4 is 16.2 Å². The molecule has 2 rings (SSSR count). The Morgan fingerprint density at radius 2 is 2.15 bits per heavy atom. The molecule has 0 amide bonds. The number of nitrogen functional groups attached to an aromatic ring is 1. The smallest absolute Gasteiger partial charge is 0.191 e. The molecule has 106 valence electrons. The second-order valence-corrected chi connectivity index (χ2v) is 5.00. The van der Waals surface area contributed by atoms with Gasteiger partial charge in [-0.05, 0) is 24.0 Å². The Morgan fingerprint density at radius 1 is 1.35 bits per heavy atom. The molecule has 20 heavy (non-hydrogen) atoms. The zero-order valence-electron chi connectivity index (χ0n) is 11.3. The molecule has 0 spiro atoms. The molecule has 0 aliphatic carbocycles. The van der Waals surface area contributed by atoms with Gasteiger partial charge in [0, 0.05) is 19.7 Å². The molecule has 0 unspecified atom stereocenters. The molecule has 0 radical (unpaired) electrons. The molecule has 3 N–H and O–H groups in total. The first-order valence-corrected chi connectivity index (χ1v) is 7.20. The van der Waals surface area contributed by atoms with Crippen molar-refractivity contribution in [3.05, 3.63) is 41.7 Å². The second-order valence-electron chi connectivity index (χ2n) is 4.23. The minimum absolute atomic E-state index is 0.243. The van der Waals surface area contributed by atoms with E-state index in [0.717, 1.165) is 11.4 Å². The van der Waals surface area contributed by atoms with Crippen molar-refractivity contribution in [3.8, 4) is 0 Å². The first-order chi connectivity index (χ1) is 9.62. The number of anilines is 2. The van der Waals surface area contributed by atoms with Gasteiger partial charge in [-0.3, -0.25) is 0 Å². The predicted molar refractivity (Wildman–Crippen MR) is 80.1 cm³/mol. The van der Waals surface area contributed by atoms with Crippen LogP contribution in [0.4, 0.5) is 16.0 Å². The highest BCUT2D eigenvalue weighted by Gasteiger charge is 2.08. The van der Waals surface area contributed by atoms with Crippen molar-refractivity contribution < 1.29 is 4.39 Å². The summed E-state index contributed by atoms with van der Waals surface area (Å²) in [5.41, 5.74) is 3.39. The van der Waals surface area contributed by atoms with Gasteiger partial charge in [-0.2, -0.15) is 0 Å². The van der Waals surface area contributed by atoms with Crippen molar-refractivity contribution in [2.75, 3.05) is 23.6 Å². The maximum atomic E-state index is 13.2. The highest BCUT2D eigenvalue weighted by Crippen LogP contribution is 2.20. The van der Waals surface area contributed by atoms with Crippen molar-refractivity contribution in [1.82, 2.24) is 9.97 Å². The zero-order chi connectivity index (χ0) is 14.5. The molecule has 0 fully saturated rings. The molecule has 7 heteroatoms. The first kappa shape index (κ1) is 14.5. The van der Waals surface area contributed by atoms with Crippen molar-refractivity contribution in [2.45, 2.75) is 11.7 Å². The van der Waals surface area contributed by atoms with E-state index < -0.39 is 0 Å². The molecular formula is C13H16FN5S. The molecule has 0 aliphatic heterocycles. The van der Waals surface area contributed by atoms with Gasteiger partial charge in [0.1, 0.15) is 17.5 Å². The fourth-order valence-electron chi connectivity index (χ4n) is 1.76. The van der Waals surface area contributed by atoms with Gasteiger partial charge in [0.05, 0.1) is 0 Å². The lowest BCUT2D eigenvalue weighted by Gasteiger charge is -2.19. The lowest BCUT2D eigenvalue weighted by molar-refractivity contribution is 0.625. The molecule has 1 heterocycles. The fraction of sp³-hybridized carbons (Fsp3) is 0.231. The largest absolute Gasteiger partial charge is 0.355 e. The monoisotopic (exact) mass is 293 g/mol. The Hall–Kier alpha value is -1.86. The van der Waals surface area contributed by atoms with Gasteiger partial charge in [-0.1, -0.05) is 23.9 Å². The Labute approximate surface area is 121 Å². The number of thioether (sulfide) groups is 1. The van der Waals surface area contributed by atoms with E-state index in [1.807, 2.05) is 24.3 Å². The van der Waals surface area contributed by atoms with Crippen molar-refractivity contribution in [1.29, 1.82) is 0 Å². The first-order valence-electron chi connectivity index (χ1n) is 5.97. The summed E-state index contributed by atoms with van der Waals surface area (Å²) >= 11 is 1.43. The van der Waals surface area contributed by atoms with E-state index in [4.69, 9.17) is 5.84 Å². The lowest BCUT2D eigenvalue weighted by Crippen LogP contribution is -2.19. The highest BCUT2D eigenvalue weighted by atomic mass is 32.2. The normalized spacial score (nSPS) is 10.4. The van der Waals surface area contributed by atoms with E-state index in [2.05, 4.69) is 15.4 Å². The number of halogens is 1. The Balaban J connectivity index is 2.22. The Bertz CT molecular complexity index is 570. The summed E-state index contributed by atoms with van der Waals surface area (Å²) in [4.78, 5) is 10.5. The maximum absolute atomic E-state index is 13.2. The number of aromatic nitrogens is 2. The molecule has 0 aliphatic rings. The van der Waals surface area contributed by atoms with E-state index in [1.54, 1.807) is 12.1 Å². The summed E-state index contributed by atoms with van der Waals surface area (Å²) in [6.07, 6.45) is 1.89. The van der Waals surface area contributed by atoms with Crippen LogP contribution in [-0.4, -0.2) is 23.3 Å². The minimum Gasteiger partial charge on any atom is -0.355 e. The number of nitrogens with zero attached hydrogens (tertiary/aromatic N) is 3. The number of rotatable bonds is 5. The molecule has 2 aromatic rings. The number of nitrogens with two attached hydrogens (primary N) is 1. The summed E-state index contributed by atoms with van der Waals surface area (Å²) in [5.74, 6) is 6.42. The third kappa shape index (κ3) is 3.58. The summed E-state index contributed by atoms with van der Waals surface area (Å²) in [7, 11) is 1.89. The summed E-state index contributed by atoms with van der Waals surface area (Å²) in [5, 5.41) is 0.626. The van der Waals surface area contributed by atoms with Gasteiger partial charge in [0.2, 0.25) is 0 Å². The van der Waals surface area contributed by atoms with E-state index >= 15 is 0 Å². The average Bonchev–Trinajstić information content (AvgIpc) is 2.46. The van der Waals surface area contributed by atoms with E-state index in [0.29, 0.717) is 17.5 Å². The van der Waals surface area contributed by atoms with Crippen molar-refractivity contribution in [3.63, 3.8) is 0 Å². The average molecular weight is 293 g/mol. The van der Waals surface area contributed by atoms with Crippen LogP contribution in [0.15, 0.2) is 35.5 Å². The maximum Gasteiger partial charge on any atom is 0.191 e. The third-order valence-electron chi connectivity index (χ3n) is 2.72. The van der Waals surface area contributed by atoms with Crippen LogP contribution in [0.2, 0.25) is 0 Å². The van der Waals surface area contributed by atoms with Gasteiger partial charge >= 0.3 is 0 Å². The summed E-state index contributed by atoms with van der Waals surface area (Å²) < 4.78 is 13.2. The van der Waals surface area contributed by atoms with Crippen molar-refractivity contribution in [2.24, 2.45) is 5.84 Å². The fourth-order valence-corrected chi connectivity index (χ4v) is 2.14. The number of hydrogen-bond acceptors (Lipinski definition) is 6. The molecule has 1 aromatic heterocycles. The summed E-state index contributed by atoms with van der Waals surface area (Å²) in [6.45, 7) is 0.548. The van der Waals surface area contributed by atoms with Crippen LogP contribution in [0, 0.1) is 5.82 Å². The predicted octanol–water partition coefficient (Wildman–Crippen LogP) is 2.26. The van der Waals surface area contributed by atoms with Crippen LogP contribution in [0.1, 0.15) is 5.56 Å². The number of benzene rings is 1. The van der Waals surface area contributed by atoms with E-state index in [9.17, 15) is 4.39 Å². The topological polar surface area (TPSA) is 67.1 Å². The summed E-state index contributed by atoms with van der Waals surface area (Å²) in [6, 6.07) is 8.25. The number of hydrazine groups is 1. The van der Waals surface area contributed by atoms with Gasteiger partial charge in [-0.15, -0.1) is 0 Å². The molecule has 0 saturated carbocycles. The van der Waals surface area contributed by atoms with Crippen LogP contribution in [0.25, 0.3) is 0 Å². The minimum atomic E-state index is -0.243. The molecule has 1 aromatic carbocycles. The van der Waals surface area contributed by atoms with Gasteiger partial charge in [-0.25, -0.2) is 20.2 Å². The molecule has 5 nitrogen and oxygen atoms in total. The Morgan fingerprint density at radius 3 is 2.80 bits per heavy atom. The second kappa shape index (κ2) is 6.53. The standard InChI is InChI=1S/C13H16FN5S/c1-19(8-9-4-3-5-10(14)6-9)12-7-11(18-15)16-13(17-12)20-2/h3-7H,8,15H2,1-2H3,(H,16,17,18). The van der Waals surface area contributed by atoms with Crippen LogP contribution >= 0.6 is 11.8 Å². The quantitative estimate of drug-likeness (QED) is 0.381. The zero-order valence-corrected chi connectivity index (χ0v) is 12.1. The number of nitrogens with one attached hydrogen (secondary N) is 1. The number of hydrogen-bond donors (Lipinski definition) is 2. The van der Waals surface area contributed by atoms with Crippen LogP contribution in [-0.2, 0) is 6.54 Å². The molecule has 0 bridgehead atoms. The third-order valence-corrected chi connectivity index (χ3v) is 3.27. The van der Waals surface area contributed by atoms with E-state index in [1.165, 1.54) is 23.9 Å². The molecule has 0 atom stereocenters. The Kier molecular flexibility index (Phi) is 4.75. The van der Waals surface area contributed by atoms with Gasteiger partial charge < -0.3 is 10.3 Å².